The number of hydrogen-bond acceptors (Lipinski definition) is 3. The normalized spacial score (nSPS) is 33.9. The van der Waals surface area contributed by atoms with E-state index in [0.717, 1.165) is 24.1 Å². The van der Waals surface area contributed by atoms with Crippen LogP contribution in [0.2, 0.25) is 0 Å². The average Bonchev–Trinajstić information content (AvgIpc) is 2.72. The number of aromatic nitrogens is 1. The van der Waals surface area contributed by atoms with Crippen molar-refractivity contribution in [3.05, 3.63) is 16.1 Å². The lowest BCUT2D eigenvalue weighted by molar-refractivity contribution is 0.142. The summed E-state index contributed by atoms with van der Waals surface area (Å²) < 4.78 is 0. The summed E-state index contributed by atoms with van der Waals surface area (Å²) in [6, 6.07) is 0. The van der Waals surface area contributed by atoms with E-state index in [1.807, 2.05) is 11.3 Å². The minimum absolute atomic E-state index is 0.152. The molecule has 3 heteroatoms. The number of rotatable bonds is 3. The molecule has 0 saturated heterocycles. The zero-order valence-electron chi connectivity index (χ0n) is 11.4. The van der Waals surface area contributed by atoms with Crippen LogP contribution in [0.1, 0.15) is 50.7 Å². The monoisotopic (exact) mass is 252 g/mol. The van der Waals surface area contributed by atoms with E-state index in [0.29, 0.717) is 0 Å². The number of nitrogens with zero attached hydrogens (tertiary/aromatic N) is 1. The van der Waals surface area contributed by atoms with Gasteiger partial charge < -0.3 is 5.32 Å². The molecule has 0 radical (unpaired) electrons. The van der Waals surface area contributed by atoms with Crippen LogP contribution in [-0.2, 0) is 5.54 Å². The van der Waals surface area contributed by atoms with Gasteiger partial charge in [-0.1, -0.05) is 20.8 Å². The van der Waals surface area contributed by atoms with Crippen molar-refractivity contribution >= 4 is 11.3 Å². The number of aryl methyl sites for hydroxylation is 1. The van der Waals surface area contributed by atoms with Crippen LogP contribution in [-0.4, -0.2) is 11.5 Å². The molecular formula is C14H24N2S. The van der Waals surface area contributed by atoms with Gasteiger partial charge in [0.1, 0.15) is 5.01 Å². The first-order valence-corrected chi connectivity index (χ1v) is 7.63. The lowest BCUT2D eigenvalue weighted by Crippen LogP contribution is -2.47. The molecule has 3 unspecified atom stereocenters. The van der Waals surface area contributed by atoms with E-state index in [4.69, 9.17) is 4.98 Å². The molecule has 0 aromatic carbocycles. The molecule has 0 spiro atoms. The van der Waals surface area contributed by atoms with Crippen LogP contribution in [0.15, 0.2) is 5.38 Å². The van der Waals surface area contributed by atoms with Gasteiger partial charge in [-0.15, -0.1) is 11.3 Å². The van der Waals surface area contributed by atoms with Gasteiger partial charge in [-0.3, -0.25) is 0 Å². The highest BCUT2D eigenvalue weighted by molar-refractivity contribution is 7.09. The predicted molar refractivity (Wildman–Crippen MR) is 74.4 cm³/mol. The Morgan fingerprint density at radius 1 is 1.47 bits per heavy atom. The third-order valence-electron chi connectivity index (χ3n) is 4.21. The van der Waals surface area contributed by atoms with Crippen molar-refractivity contribution in [3.63, 3.8) is 0 Å². The Balaban J connectivity index is 2.27. The molecule has 3 atom stereocenters. The van der Waals surface area contributed by atoms with Gasteiger partial charge in [-0.05, 0) is 44.6 Å². The molecule has 0 bridgehead atoms. The van der Waals surface area contributed by atoms with Gasteiger partial charge in [0.05, 0.1) is 5.54 Å². The number of thiazole rings is 1. The summed E-state index contributed by atoms with van der Waals surface area (Å²) in [6.45, 7) is 10.1. The minimum Gasteiger partial charge on any atom is -0.306 e. The molecule has 2 rings (SSSR count). The SMILES string of the molecule is CCNC1(c2nc(C)cs2)CCC(C)C(C)C1. The second kappa shape index (κ2) is 5.07. The van der Waals surface area contributed by atoms with Gasteiger partial charge in [0.15, 0.2) is 0 Å². The van der Waals surface area contributed by atoms with Crippen LogP contribution in [0.25, 0.3) is 0 Å². The summed E-state index contributed by atoms with van der Waals surface area (Å²) in [5.74, 6) is 1.63. The maximum absolute atomic E-state index is 4.74. The van der Waals surface area contributed by atoms with Crippen molar-refractivity contribution in [3.8, 4) is 0 Å². The molecule has 1 aromatic rings. The summed E-state index contributed by atoms with van der Waals surface area (Å²) in [6.07, 6.45) is 3.78. The number of hydrogen-bond donors (Lipinski definition) is 1. The van der Waals surface area contributed by atoms with Gasteiger partial charge >= 0.3 is 0 Å². The summed E-state index contributed by atoms with van der Waals surface area (Å²) in [4.78, 5) is 4.74. The Morgan fingerprint density at radius 2 is 2.24 bits per heavy atom. The fraction of sp³-hybridized carbons (Fsp3) is 0.786. The molecule has 1 aromatic heterocycles. The lowest BCUT2D eigenvalue weighted by atomic mass is 9.71. The third-order valence-corrected chi connectivity index (χ3v) is 5.38. The Hall–Kier alpha value is -0.410. The summed E-state index contributed by atoms with van der Waals surface area (Å²) in [5.41, 5.74) is 1.31. The van der Waals surface area contributed by atoms with Gasteiger partial charge in [-0.2, -0.15) is 0 Å². The summed E-state index contributed by atoms with van der Waals surface area (Å²) in [7, 11) is 0. The van der Waals surface area contributed by atoms with E-state index in [9.17, 15) is 0 Å². The zero-order valence-corrected chi connectivity index (χ0v) is 12.2. The van der Waals surface area contributed by atoms with Crippen molar-refractivity contribution in [2.75, 3.05) is 6.54 Å². The Morgan fingerprint density at radius 3 is 2.76 bits per heavy atom. The maximum Gasteiger partial charge on any atom is 0.113 e. The van der Waals surface area contributed by atoms with Crippen molar-refractivity contribution in [1.29, 1.82) is 0 Å². The van der Waals surface area contributed by atoms with Crippen LogP contribution in [0.4, 0.5) is 0 Å². The van der Waals surface area contributed by atoms with E-state index in [1.54, 1.807) is 0 Å². The quantitative estimate of drug-likeness (QED) is 0.887. The van der Waals surface area contributed by atoms with Crippen molar-refractivity contribution < 1.29 is 0 Å². The zero-order chi connectivity index (χ0) is 12.5. The minimum atomic E-state index is 0.152. The van der Waals surface area contributed by atoms with Crippen molar-refractivity contribution in [2.45, 2.75) is 52.5 Å². The van der Waals surface area contributed by atoms with E-state index in [1.165, 1.54) is 24.3 Å². The second-order valence-electron chi connectivity index (χ2n) is 5.60. The Labute approximate surface area is 109 Å². The highest BCUT2D eigenvalue weighted by Crippen LogP contribution is 2.43. The smallest absolute Gasteiger partial charge is 0.113 e. The topological polar surface area (TPSA) is 24.9 Å². The first kappa shape index (κ1) is 13.0. The fourth-order valence-electron chi connectivity index (χ4n) is 2.95. The van der Waals surface area contributed by atoms with Crippen LogP contribution in [0.3, 0.4) is 0 Å². The van der Waals surface area contributed by atoms with Gasteiger partial charge in [-0.25, -0.2) is 4.98 Å². The molecule has 1 aliphatic rings. The van der Waals surface area contributed by atoms with Gasteiger partial charge in [0.2, 0.25) is 0 Å². The summed E-state index contributed by atoms with van der Waals surface area (Å²) in [5, 5.41) is 7.21. The number of nitrogens with one attached hydrogen (secondary N) is 1. The third kappa shape index (κ3) is 2.55. The molecule has 1 fully saturated rings. The van der Waals surface area contributed by atoms with Crippen LogP contribution >= 0.6 is 11.3 Å². The molecule has 1 N–H and O–H groups in total. The standard InChI is InChI=1S/C14H24N2S/c1-5-15-14(13-16-12(4)9-17-13)7-6-10(2)11(3)8-14/h9-11,15H,5-8H2,1-4H3. The molecule has 2 nitrogen and oxygen atoms in total. The largest absolute Gasteiger partial charge is 0.306 e. The van der Waals surface area contributed by atoms with E-state index >= 15 is 0 Å². The van der Waals surface area contributed by atoms with Crippen molar-refractivity contribution in [2.24, 2.45) is 11.8 Å². The molecular weight excluding hydrogens is 228 g/mol. The Kier molecular flexibility index (Phi) is 3.88. The average molecular weight is 252 g/mol. The molecule has 1 aliphatic carbocycles. The van der Waals surface area contributed by atoms with Crippen LogP contribution in [0, 0.1) is 18.8 Å². The highest BCUT2D eigenvalue weighted by atomic mass is 32.1. The molecule has 17 heavy (non-hydrogen) atoms. The molecule has 1 saturated carbocycles. The predicted octanol–water partition coefficient (Wildman–Crippen LogP) is 3.71. The van der Waals surface area contributed by atoms with Gasteiger partial charge in [0.25, 0.3) is 0 Å². The summed E-state index contributed by atoms with van der Waals surface area (Å²) >= 11 is 1.82. The first-order chi connectivity index (χ1) is 8.07. The molecule has 96 valence electrons. The van der Waals surface area contributed by atoms with E-state index in [-0.39, 0.29) is 5.54 Å². The van der Waals surface area contributed by atoms with Crippen LogP contribution in [0.5, 0.6) is 0 Å². The molecule has 0 amide bonds. The molecule has 1 heterocycles. The fourth-order valence-corrected chi connectivity index (χ4v) is 3.97. The first-order valence-electron chi connectivity index (χ1n) is 6.75. The van der Waals surface area contributed by atoms with E-state index in [2.05, 4.69) is 38.4 Å². The lowest BCUT2D eigenvalue weighted by Gasteiger charge is -2.42. The second-order valence-corrected chi connectivity index (χ2v) is 6.46. The van der Waals surface area contributed by atoms with E-state index < -0.39 is 0 Å². The maximum atomic E-state index is 4.74. The highest BCUT2D eigenvalue weighted by Gasteiger charge is 2.40. The van der Waals surface area contributed by atoms with Crippen LogP contribution < -0.4 is 5.32 Å². The van der Waals surface area contributed by atoms with Crippen molar-refractivity contribution in [1.82, 2.24) is 10.3 Å². The molecule has 0 aliphatic heterocycles. The Bertz CT molecular complexity index is 374. The van der Waals surface area contributed by atoms with Gasteiger partial charge in [0, 0.05) is 11.1 Å².